The molecule has 6 rings (SSSR count). The summed E-state index contributed by atoms with van der Waals surface area (Å²) in [6, 6.07) is 11.2. The monoisotopic (exact) mass is 534 g/mol. The molecule has 0 saturated heterocycles. The Balaban J connectivity index is 1.35. The topological polar surface area (TPSA) is 51.1 Å². The fourth-order valence-electron chi connectivity index (χ4n) is 6.30. The lowest BCUT2D eigenvalue weighted by Gasteiger charge is -2.40. The van der Waals surface area contributed by atoms with Crippen LogP contribution in [0.15, 0.2) is 58.4 Å². The van der Waals surface area contributed by atoms with E-state index in [1.165, 1.54) is 34.9 Å². The minimum Gasteiger partial charge on any atom is -0.324 e. The molecule has 1 aromatic heterocycles. The summed E-state index contributed by atoms with van der Waals surface area (Å²) < 4.78 is 55.2. The molecule has 1 aliphatic heterocycles. The molecular formula is C26H22F4N2O2S2. The van der Waals surface area contributed by atoms with Crippen LogP contribution in [0.1, 0.15) is 41.2 Å². The number of amides is 1. The quantitative estimate of drug-likeness (QED) is 0.397. The fraction of sp³-hybridized carbons (Fsp3) is 0.385. The van der Waals surface area contributed by atoms with Crippen molar-refractivity contribution in [2.24, 2.45) is 17.8 Å². The second-order valence-corrected chi connectivity index (χ2v) is 11.9. The predicted molar refractivity (Wildman–Crippen MR) is 131 cm³/mol. The first-order valence-electron chi connectivity index (χ1n) is 11.8. The average molecular weight is 535 g/mol. The molecule has 2 aromatic carbocycles. The number of nitrogens with one attached hydrogen (secondary N) is 1. The summed E-state index contributed by atoms with van der Waals surface area (Å²) in [7, 11) is 0. The molecule has 10 heteroatoms. The van der Waals surface area contributed by atoms with E-state index < -0.39 is 17.6 Å². The van der Waals surface area contributed by atoms with Crippen LogP contribution in [0.5, 0.6) is 0 Å². The predicted octanol–water partition coefficient (Wildman–Crippen LogP) is 6.36. The van der Waals surface area contributed by atoms with Gasteiger partial charge in [-0.1, -0.05) is 35.6 Å². The largest absolute Gasteiger partial charge is 0.418 e. The molecule has 1 amide bonds. The lowest BCUT2D eigenvalue weighted by atomic mass is 9.75. The highest BCUT2D eigenvalue weighted by Crippen LogP contribution is 2.64. The van der Waals surface area contributed by atoms with Gasteiger partial charge in [0.05, 0.1) is 16.3 Å². The van der Waals surface area contributed by atoms with Crippen LogP contribution in [-0.2, 0) is 17.5 Å². The third-order valence-corrected chi connectivity index (χ3v) is 10.6. The molecule has 3 aromatic rings. The number of benzene rings is 2. The normalized spacial score (nSPS) is 26.5. The molecule has 0 spiro atoms. The van der Waals surface area contributed by atoms with Crippen LogP contribution in [0.25, 0.3) is 0 Å². The highest BCUT2D eigenvalue weighted by Gasteiger charge is 2.55. The van der Waals surface area contributed by atoms with Crippen molar-refractivity contribution in [3.63, 3.8) is 0 Å². The van der Waals surface area contributed by atoms with Gasteiger partial charge < -0.3 is 5.32 Å². The molecule has 1 N–H and O–H groups in total. The molecule has 2 saturated carbocycles. The van der Waals surface area contributed by atoms with Gasteiger partial charge in [0.15, 0.2) is 0 Å². The minimum absolute atomic E-state index is 0.0601. The Hall–Kier alpha value is -2.59. The zero-order valence-corrected chi connectivity index (χ0v) is 20.6. The Labute approximate surface area is 212 Å². The number of carbonyl (C=O) groups excluding carboxylic acids is 1. The number of hydrogen-bond acceptors (Lipinski definition) is 4. The first-order valence-corrected chi connectivity index (χ1v) is 13.5. The van der Waals surface area contributed by atoms with Crippen molar-refractivity contribution >= 4 is 34.7 Å². The number of fused-ring (bicyclic) bond motifs is 6. The molecule has 36 heavy (non-hydrogen) atoms. The van der Waals surface area contributed by atoms with E-state index in [0.29, 0.717) is 28.0 Å². The average Bonchev–Trinajstić information content (AvgIpc) is 3.52. The summed E-state index contributed by atoms with van der Waals surface area (Å²) >= 11 is 2.72. The summed E-state index contributed by atoms with van der Waals surface area (Å²) in [6.45, 7) is -0.370. The van der Waals surface area contributed by atoms with Crippen LogP contribution in [0.2, 0.25) is 0 Å². The van der Waals surface area contributed by atoms with Crippen molar-refractivity contribution in [3.05, 3.63) is 80.0 Å². The van der Waals surface area contributed by atoms with E-state index in [1.54, 1.807) is 23.9 Å². The first kappa shape index (κ1) is 23.8. The minimum atomic E-state index is -4.61. The summed E-state index contributed by atoms with van der Waals surface area (Å²) in [5.74, 6) is 0.333. The van der Waals surface area contributed by atoms with Gasteiger partial charge in [0, 0.05) is 16.0 Å². The van der Waals surface area contributed by atoms with Gasteiger partial charge in [-0.15, -0.1) is 11.8 Å². The summed E-state index contributed by atoms with van der Waals surface area (Å²) in [5, 5.41) is 3.35. The van der Waals surface area contributed by atoms with Crippen LogP contribution in [-0.4, -0.2) is 15.7 Å². The van der Waals surface area contributed by atoms with E-state index in [9.17, 15) is 27.2 Å². The molecule has 2 bridgehead atoms. The third kappa shape index (κ3) is 3.98. The number of nitrogens with zero attached hydrogens (tertiary/aromatic N) is 1. The molecule has 4 nitrogen and oxygen atoms in total. The van der Waals surface area contributed by atoms with Crippen molar-refractivity contribution in [3.8, 4) is 0 Å². The molecule has 188 valence electrons. The Morgan fingerprint density at radius 3 is 2.53 bits per heavy atom. The number of hydrogen-bond donors (Lipinski definition) is 1. The van der Waals surface area contributed by atoms with Crippen LogP contribution in [0, 0.1) is 23.6 Å². The van der Waals surface area contributed by atoms with Gasteiger partial charge in [0.2, 0.25) is 5.91 Å². The lowest BCUT2D eigenvalue weighted by Crippen LogP contribution is -2.35. The van der Waals surface area contributed by atoms with Crippen molar-refractivity contribution in [2.45, 2.75) is 48.2 Å². The number of rotatable bonds is 4. The number of para-hydroxylation sites is 1. The van der Waals surface area contributed by atoms with E-state index in [1.807, 2.05) is 0 Å². The van der Waals surface area contributed by atoms with Gasteiger partial charge in [-0.3, -0.25) is 14.2 Å². The maximum absolute atomic E-state index is 13.7. The number of thioether (sulfide) groups is 1. The fourth-order valence-corrected chi connectivity index (χ4v) is 9.45. The number of carbonyl (C=O) groups is 1. The Kier molecular flexibility index (Phi) is 5.79. The van der Waals surface area contributed by atoms with E-state index in [0.717, 1.165) is 47.1 Å². The van der Waals surface area contributed by atoms with Gasteiger partial charge in [0.1, 0.15) is 12.4 Å². The summed E-state index contributed by atoms with van der Waals surface area (Å²) in [6.07, 6.45) is -1.20. The van der Waals surface area contributed by atoms with Crippen LogP contribution in [0.3, 0.4) is 0 Å². The zero-order valence-electron chi connectivity index (χ0n) is 18.9. The van der Waals surface area contributed by atoms with Crippen LogP contribution in [0.4, 0.5) is 23.2 Å². The second kappa shape index (κ2) is 8.76. The molecule has 2 aliphatic carbocycles. The summed E-state index contributed by atoms with van der Waals surface area (Å²) in [4.78, 5) is 26.5. The van der Waals surface area contributed by atoms with Gasteiger partial charge in [-0.25, -0.2) is 4.39 Å². The van der Waals surface area contributed by atoms with E-state index >= 15 is 0 Å². The highest BCUT2D eigenvalue weighted by molar-refractivity contribution is 8.00. The smallest absolute Gasteiger partial charge is 0.324 e. The van der Waals surface area contributed by atoms with E-state index in [-0.39, 0.29) is 28.8 Å². The van der Waals surface area contributed by atoms with Crippen molar-refractivity contribution in [1.82, 2.24) is 4.57 Å². The van der Waals surface area contributed by atoms with Crippen molar-refractivity contribution < 1.29 is 22.4 Å². The number of aromatic nitrogens is 1. The number of alkyl halides is 3. The third-order valence-electron chi connectivity index (χ3n) is 7.73. The number of thiazole rings is 1. The van der Waals surface area contributed by atoms with Crippen molar-refractivity contribution in [1.29, 1.82) is 0 Å². The van der Waals surface area contributed by atoms with E-state index in [4.69, 9.17) is 0 Å². The van der Waals surface area contributed by atoms with Crippen LogP contribution < -0.4 is 10.2 Å². The molecule has 2 heterocycles. The molecule has 4 unspecified atom stereocenters. The highest BCUT2D eigenvalue weighted by atomic mass is 32.2. The maximum atomic E-state index is 13.7. The Morgan fingerprint density at radius 2 is 1.78 bits per heavy atom. The lowest BCUT2D eigenvalue weighted by molar-refractivity contribution is -0.137. The standard InChI is InChI=1S/C26H22F4N2O2S2/c27-16-9-7-13(8-10-16)20-21-14-5-6-15(11-14)22(21)35-24-23(20)36-25(34)32(24)12-19(33)31-18-4-2-1-3-17(18)26(28,29)30/h1-4,7-10,14-15,20-22H,5-6,11-12H2,(H,31,33)/t14?,15?,20-,21?,22?/m1/s1. The number of halogens is 4. The SMILES string of the molecule is O=C(Cn1c2c(sc1=O)[C@H](c1ccc(F)cc1)C1C3CCC(C3)C1S2)Nc1ccccc1C(F)(F)F. The molecular weight excluding hydrogens is 512 g/mol. The van der Waals surface area contributed by atoms with Crippen molar-refractivity contribution in [2.75, 3.05) is 5.32 Å². The maximum Gasteiger partial charge on any atom is 0.418 e. The van der Waals surface area contributed by atoms with Gasteiger partial charge in [-0.2, -0.15) is 13.2 Å². The zero-order chi connectivity index (χ0) is 25.2. The van der Waals surface area contributed by atoms with Gasteiger partial charge >= 0.3 is 11.0 Å². The number of anilines is 1. The Morgan fingerprint density at radius 1 is 1.06 bits per heavy atom. The van der Waals surface area contributed by atoms with Gasteiger partial charge in [-0.05, 0) is 66.8 Å². The van der Waals surface area contributed by atoms with E-state index in [2.05, 4.69) is 5.32 Å². The molecule has 3 aliphatic rings. The van der Waals surface area contributed by atoms with Crippen LogP contribution >= 0.6 is 23.1 Å². The molecule has 5 atom stereocenters. The molecule has 2 fully saturated rings. The first-order chi connectivity index (χ1) is 17.2. The summed E-state index contributed by atoms with van der Waals surface area (Å²) in [5.41, 5.74) is -0.316. The van der Waals surface area contributed by atoms with Gasteiger partial charge in [0.25, 0.3) is 0 Å². The second-order valence-electron chi connectivity index (χ2n) is 9.74. The molecule has 0 radical (unpaired) electrons. The Bertz CT molecular complexity index is 1380.